The molecule has 0 radical (unpaired) electrons. The number of thiazole rings is 1. The van der Waals surface area contributed by atoms with Crippen molar-refractivity contribution in [2.24, 2.45) is 5.92 Å². The van der Waals surface area contributed by atoms with Gasteiger partial charge < -0.3 is 31.2 Å². The largest absolute Gasteiger partial charge is 0.353 e. The zero-order valence-corrected chi connectivity index (χ0v) is 22.7. The van der Waals surface area contributed by atoms with Crippen LogP contribution in [0.3, 0.4) is 0 Å². The van der Waals surface area contributed by atoms with Gasteiger partial charge in [-0.3, -0.25) is 33.6 Å². The third kappa shape index (κ3) is 6.59. The van der Waals surface area contributed by atoms with E-state index in [4.69, 9.17) is 0 Å². The van der Waals surface area contributed by atoms with E-state index in [9.17, 15) is 33.6 Å². The van der Waals surface area contributed by atoms with Crippen molar-refractivity contribution in [1.82, 2.24) is 25.5 Å². The Morgan fingerprint density at radius 2 is 1.88 bits per heavy atom. The van der Waals surface area contributed by atoms with E-state index in [1.54, 1.807) is 0 Å². The molecule has 15 heteroatoms. The second-order valence-corrected chi connectivity index (χ2v) is 11.0. The van der Waals surface area contributed by atoms with Gasteiger partial charge in [0, 0.05) is 32.1 Å². The molecule has 5 N–H and O–H groups in total. The summed E-state index contributed by atoms with van der Waals surface area (Å²) in [5, 5.41) is 12.8. The highest BCUT2D eigenvalue weighted by Gasteiger charge is 2.57. The summed E-state index contributed by atoms with van der Waals surface area (Å²) in [6.45, 7) is 1.06. The predicted molar refractivity (Wildman–Crippen MR) is 144 cm³/mol. The van der Waals surface area contributed by atoms with Crippen molar-refractivity contribution in [3.05, 3.63) is 39.8 Å². The third-order valence-corrected chi connectivity index (χ3v) is 7.72. The Morgan fingerprint density at radius 3 is 2.50 bits per heavy atom. The zero-order chi connectivity index (χ0) is 29.0. The van der Waals surface area contributed by atoms with Crippen molar-refractivity contribution < 1.29 is 28.8 Å². The monoisotopic (exact) mass is 571 g/mol. The number of rotatable bonds is 12. The maximum Gasteiger partial charge on any atom is 0.287 e. The van der Waals surface area contributed by atoms with E-state index >= 15 is 0 Å². The quantitative estimate of drug-likeness (QED) is 0.215. The van der Waals surface area contributed by atoms with Crippen molar-refractivity contribution in [1.29, 1.82) is 0 Å². The molecule has 1 atom stereocenters. The molecule has 5 rings (SSSR count). The Morgan fingerprint density at radius 1 is 1.15 bits per heavy atom. The normalized spacial score (nSPS) is 19.2. The minimum Gasteiger partial charge on any atom is -0.353 e. The van der Waals surface area contributed by atoms with Gasteiger partial charge in [0.2, 0.25) is 23.5 Å². The summed E-state index contributed by atoms with van der Waals surface area (Å²) in [5.41, 5.74) is -0.902. The summed E-state index contributed by atoms with van der Waals surface area (Å²) < 4.78 is 1.17. The van der Waals surface area contributed by atoms with Crippen LogP contribution < -0.4 is 32.1 Å². The number of anilines is 2. The molecule has 2 bridgehead atoms. The lowest BCUT2D eigenvalue weighted by atomic mass is 9.50. The standard InChI is InChI=1S/C25H29N7O7S/c1-13(33)28-24-27-11-18(40-24)22(38)29-15(5-6-17(34)21(37)26-2)20(36)30-16-4-3-7-32(23(16)39)12-19(35)31-25-8-14(9-25)10-25/h3-4,7,11,14-15H,5-6,8-10,12H2,1-2H3,(H,26,37)(H,29,38)(H,30,36)(H,31,35)(H,27,28,33)/t14?,15-,25?/m0/s1. The number of ketones is 1. The van der Waals surface area contributed by atoms with Crippen LogP contribution in [0.1, 0.15) is 48.7 Å². The lowest BCUT2D eigenvalue weighted by Crippen LogP contribution is -2.68. The topological polar surface area (TPSA) is 197 Å². The number of amides is 5. The molecule has 0 saturated heterocycles. The predicted octanol–water partition coefficient (Wildman–Crippen LogP) is -0.236. The number of likely N-dealkylation sites (N-methyl/N-ethyl adjacent to an activating group) is 1. The van der Waals surface area contributed by atoms with Gasteiger partial charge in [-0.1, -0.05) is 11.3 Å². The van der Waals surface area contributed by atoms with Crippen LogP contribution in [0.15, 0.2) is 29.3 Å². The van der Waals surface area contributed by atoms with E-state index in [2.05, 4.69) is 31.6 Å². The van der Waals surface area contributed by atoms with Gasteiger partial charge in [-0.25, -0.2) is 4.98 Å². The number of carbonyl (C=O) groups excluding carboxylic acids is 6. The molecule has 0 aromatic carbocycles. The first kappa shape index (κ1) is 28.6. The molecular formula is C25H29N7O7S. The first-order valence-electron chi connectivity index (χ1n) is 12.6. The average molecular weight is 572 g/mol. The van der Waals surface area contributed by atoms with Gasteiger partial charge in [0.15, 0.2) is 5.13 Å². The lowest BCUT2D eigenvalue weighted by Gasteiger charge is -2.61. The van der Waals surface area contributed by atoms with E-state index in [1.165, 1.54) is 43.1 Å². The van der Waals surface area contributed by atoms with Crippen molar-refractivity contribution in [2.75, 3.05) is 17.7 Å². The van der Waals surface area contributed by atoms with Crippen LogP contribution in [0.5, 0.6) is 0 Å². The van der Waals surface area contributed by atoms with Crippen LogP contribution in [0.4, 0.5) is 10.8 Å². The highest BCUT2D eigenvalue weighted by molar-refractivity contribution is 7.17. The van der Waals surface area contributed by atoms with Gasteiger partial charge in [0.1, 0.15) is 23.2 Å². The number of nitrogens with zero attached hydrogens (tertiary/aromatic N) is 2. The zero-order valence-electron chi connectivity index (χ0n) is 21.9. The van der Waals surface area contributed by atoms with Gasteiger partial charge in [0.05, 0.1) is 6.20 Å². The number of Topliss-reactive ketones (excluding diaryl/α,β-unsaturated/α-hetero) is 1. The fraction of sp³-hybridized carbons (Fsp3) is 0.440. The number of pyridine rings is 1. The number of aromatic nitrogens is 2. The molecule has 2 aromatic heterocycles. The Kier molecular flexibility index (Phi) is 8.42. The second kappa shape index (κ2) is 11.8. The van der Waals surface area contributed by atoms with Gasteiger partial charge in [0.25, 0.3) is 17.4 Å². The molecule has 3 aliphatic rings. The Labute approximate surface area is 232 Å². The second-order valence-electron chi connectivity index (χ2n) is 9.93. The van der Waals surface area contributed by atoms with Gasteiger partial charge >= 0.3 is 0 Å². The smallest absolute Gasteiger partial charge is 0.287 e. The maximum atomic E-state index is 13.2. The Bertz CT molecular complexity index is 1420. The molecule has 14 nitrogen and oxygen atoms in total. The Hall–Kier alpha value is -4.40. The highest BCUT2D eigenvalue weighted by Crippen LogP contribution is 2.56. The molecule has 0 spiro atoms. The van der Waals surface area contributed by atoms with Crippen molar-refractivity contribution in [3.8, 4) is 0 Å². The molecule has 5 amide bonds. The molecular weight excluding hydrogens is 542 g/mol. The van der Waals surface area contributed by atoms with Crippen molar-refractivity contribution in [3.63, 3.8) is 0 Å². The first-order chi connectivity index (χ1) is 19.0. The molecule has 2 aromatic rings. The van der Waals surface area contributed by atoms with Crippen LogP contribution in [0.2, 0.25) is 0 Å². The first-order valence-corrected chi connectivity index (χ1v) is 13.4. The van der Waals surface area contributed by atoms with Gasteiger partial charge in [-0.2, -0.15) is 0 Å². The van der Waals surface area contributed by atoms with Crippen LogP contribution in [-0.2, 0) is 30.5 Å². The fourth-order valence-electron chi connectivity index (χ4n) is 4.71. The summed E-state index contributed by atoms with van der Waals surface area (Å²) in [6, 6.07) is 1.54. The van der Waals surface area contributed by atoms with Crippen LogP contribution in [0.25, 0.3) is 0 Å². The summed E-state index contributed by atoms with van der Waals surface area (Å²) in [4.78, 5) is 90.4. The van der Waals surface area contributed by atoms with Crippen LogP contribution >= 0.6 is 11.3 Å². The summed E-state index contributed by atoms with van der Waals surface area (Å²) in [6.07, 6.45) is 4.90. The van der Waals surface area contributed by atoms with E-state index in [0.29, 0.717) is 5.92 Å². The van der Waals surface area contributed by atoms with Crippen molar-refractivity contribution >= 4 is 57.5 Å². The van der Waals surface area contributed by atoms with E-state index in [-0.39, 0.29) is 52.4 Å². The fourth-order valence-corrected chi connectivity index (χ4v) is 5.48. The minimum absolute atomic E-state index is 0.0796. The summed E-state index contributed by atoms with van der Waals surface area (Å²) in [5.74, 6) is -3.17. The van der Waals surface area contributed by atoms with Crippen molar-refractivity contribution in [2.45, 2.75) is 57.2 Å². The maximum absolute atomic E-state index is 13.2. The molecule has 0 aliphatic heterocycles. The number of nitrogens with one attached hydrogen (secondary N) is 5. The lowest BCUT2D eigenvalue weighted by molar-refractivity contribution is -0.137. The molecule has 3 fully saturated rings. The van der Waals surface area contributed by atoms with E-state index < -0.39 is 35.1 Å². The van der Waals surface area contributed by atoms with Gasteiger partial charge in [-0.05, 0) is 43.7 Å². The molecule has 3 saturated carbocycles. The molecule has 2 heterocycles. The molecule has 40 heavy (non-hydrogen) atoms. The average Bonchev–Trinajstić information content (AvgIpc) is 3.32. The van der Waals surface area contributed by atoms with Gasteiger partial charge in [-0.15, -0.1) is 0 Å². The third-order valence-electron chi connectivity index (χ3n) is 6.81. The van der Waals surface area contributed by atoms with Crippen LogP contribution in [0, 0.1) is 5.92 Å². The van der Waals surface area contributed by atoms with Crippen LogP contribution in [-0.4, -0.2) is 63.5 Å². The van der Waals surface area contributed by atoms with E-state index in [0.717, 1.165) is 30.6 Å². The summed E-state index contributed by atoms with van der Waals surface area (Å²) in [7, 11) is 1.29. The number of hydrogen-bond acceptors (Lipinski definition) is 9. The molecule has 3 aliphatic carbocycles. The Balaban J connectivity index is 1.45. The summed E-state index contributed by atoms with van der Waals surface area (Å²) >= 11 is 0.873. The number of carbonyl (C=O) groups is 6. The molecule has 0 unspecified atom stereocenters. The molecule has 212 valence electrons. The van der Waals surface area contributed by atoms with E-state index in [1.807, 2.05) is 0 Å². The number of hydrogen-bond donors (Lipinski definition) is 5. The SMILES string of the molecule is CNC(=O)C(=O)CC[C@H](NC(=O)c1cnc(NC(C)=O)s1)C(=O)Nc1cccn(CC(=O)NC23CC(C2)C3)c1=O. The minimum atomic E-state index is -1.31. The highest BCUT2D eigenvalue weighted by atomic mass is 32.1.